The van der Waals surface area contributed by atoms with Crippen molar-refractivity contribution in [1.29, 1.82) is 0 Å². The zero-order chi connectivity index (χ0) is 14.0. The van der Waals surface area contributed by atoms with Crippen LogP contribution in [-0.4, -0.2) is 7.11 Å². The van der Waals surface area contributed by atoms with Gasteiger partial charge in [0.25, 0.3) is 0 Å². The fourth-order valence-corrected chi connectivity index (χ4v) is 2.14. The third-order valence-corrected chi connectivity index (χ3v) is 3.57. The number of hydrogen-bond donors (Lipinski definition) is 1. The summed E-state index contributed by atoms with van der Waals surface area (Å²) in [4.78, 5) is 0. The molecule has 0 saturated heterocycles. The summed E-state index contributed by atoms with van der Waals surface area (Å²) in [6, 6.07) is 8.76. The zero-order valence-corrected chi connectivity index (χ0v) is 11.7. The number of rotatable bonds is 3. The second-order valence-corrected chi connectivity index (χ2v) is 4.85. The molecule has 2 aromatic carbocycles. The summed E-state index contributed by atoms with van der Waals surface area (Å²) < 4.78 is 18.5. The molecule has 2 nitrogen and oxygen atoms in total. The van der Waals surface area contributed by atoms with Crippen LogP contribution in [0.15, 0.2) is 36.4 Å². The average Bonchev–Trinajstić information content (AvgIpc) is 2.41. The number of ether oxygens (including phenoxy) is 1. The highest BCUT2D eigenvalue weighted by atomic mass is 35.5. The van der Waals surface area contributed by atoms with E-state index < -0.39 is 6.04 Å². The van der Waals surface area contributed by atoms with Gasteiger partial charge in [0.1, 0.15) is 11.6 Å². The maximum Gasteiger partial charge on any atom is 0.124 e. The van der Waals surface area contributed by atoms with Gasteiger partial charge in [-0.2, -0.15) is 0 Å². The van der Waals surface area contributed by atoms with Crippen LogP contribution in [0, 0.1) is 5.82 Å². The first-order valence-electron chi connectivity index (χ1n) is 5.57. The Morgan fingerprint density at radius 1 is 1.11 bits per heavy atom. The summed E-state index contributed by atoms with van der Waals surface area (Å²) in [5, 5.41) is 0.855. The van der Waals surface area contributed by atoms with Crippen LogP contribution < -0.4 is 10.5 Å². The Morgan fingerprint density at radius 3 is 2.47 bits per heavy atom. The third kappa shape index (κ3) is 3.00. The van der Waals surface area contributed by atoms with Crippen LogP contribution in [0.3, 0.4) is 0 Å². The van der Waals surface area contributed by atoms with Gasteiger partial charge in [0, 0.05) is 5.56 Å². The molecule has 0 aromatic heterocycles. The van der Waals surface area contributed by atoms with E-state index in [0.29, 0.717) is 21.4 Å². The Hall–Kier alpha value is -1.29. The highest BCUT2D eigenvalue weighted by Crippen LogP contribution is 2.32. The summed E-state index contributed by atoms with van der Waals surface area (Å²) in [5.41, 5.74) is 7.42. The van der Waals surface area contributed by atoms with Gasteiger partial charge in [-0.1, -0.05) is 29.3 Å². The topological polar surface area (TPSA) is 35.2 Å². The highest BCUT2D eigenvalue weighted by molar-refractivity contribution is 6.42. The van der Waals surface area contributed by atoms with Crippen LogP contribution >= 0.6 is 23.2 Å². The van der Waals surface area contributed by atoms with Crippen LogP contribution in [-0.2, 0) is 0 Å². The summed E-state index contributed by atoms with van der Waals surface area (Å²) in [5.74, 6) is 0.159. The molecular weight excluding hydrogens is 288 g/mol. The van der Waals surface area contributed by atoms with Gasteiger partial charge in [-0.25, -0.2) is 4.39 Å². The lowest BCUT2D eigenvalue weighted by Gasteiger charge is -2.16. The van der Waals surface area contributed by atoms with Crippen molar-refractivity contribution >= 4 is 23.2 Å². The predicted molar refractivity (Wildman–Crippen MR) is 75.4 cm³/mol. The minimum absolute atomic E-state index is 0.369. The van der Waals surface area contributed by atoms with E-state index in [4.69, 9.17) is 33.7 Å². The van der Waals surface area contributed by atoms with Crippen molar-refractivity contribution in [3.63, 3.8) is 0 Å². The molecule has 0 saturated carbocycles. The van der Waals surface area contributed by atoms with Crippen LogP contribution in [0.5, 0.6) is 5.75 Å². The van der Waals surface area contributed by atoms with Gasteiger partial charge in [-0.3, -0.25) is 0 Å². The first-order chi connectivity index (χ1) is 9.02. The average molecular weight is 300 g/mol. The molecule has 1 unspecified atom stereocenters. The molecule has 100 valence electrons. The molecule has 0 aliphatic rings. The number of methoxy groups -OCH3 is 1. The Morgan fingerprint density at radius 2 is 1.84 bits per heavy atom. The molecule has 0 aliphatic heterocycles. The van der Waals surface area contributed by atoms with Crippen molar-refractivity contribution in [2.24, 2.45) is 5.73 Å². The SMILES string of the molecule is COc1ccc(F)cc1C(N)c1ccc(Cl)c(Cl)c1. The molecule has 0 radical (unpaired) electrons. The number of halogens is 3. The molecule has 0 spiro atoms. The van der Waals surface area contributed by atoms with Crippen LogP contribution in [0.25, 0.3) is 0 Å². The summed E-state index contributed by atoms with van der Waals surface area (Å²) >= 11 is 11.8. The molecule has 0 fully saturated rings. The molecule has 2 aromatic rings. The highest BCUT2D eigenvalue weighted by Gasteiger charge is 2.16. The molecule has 5 heteroatoms. The molecule has 0 amide bonds. The first-order valence-corrected chi connectivity index (χ1v) is 6.32. The Labute approximate surface area is 120 Å². The van der Waals surface area contributed by atoms with Crippen molar-refractivity contribution < 1.29 is 9.13 Å². The molecule has 2 rings (SSSR count). The van der Waals surface area contributed by atoms with Crippen molar-refractivity contribution in [2.45, 2.75) is 6.04 Å². The van der Waals surface area contributed by atoms with Crippen LogP contribution in [0.2, 0.25) is 10.0 Å². The molecule has 0 heterocycles. The summed E-state index contributed by atoms with van der Waals surface area (Å²) in [6.07, 6.45) is 0. The second kappa shape index (κ2) is 5.78. The smallest absolute Gasteiger partial charge is 0.124 e. The standard InChI is InChI=1S/C14H12Cl2FNO/c1-19-13-5-3-9(17)7-10(13)14(18)8-2-4-11(15)12(16)6-8/h2-7,14H,18H2,1H3. The third-order valence-electron chi connectivity index (χ3n) is 2.83. The van der Waals surface area contributed by atoms with Gasteiger partial charge in [-0.15, -0.1) is 0 Å². The van der Waals surface area contributed by atoms with E-state index in [2.05, 4.69) is 0 Å². The van der Waals surface area contributed by atoms with Crippen molar-refractivity contribution in [1.82, 2.24) is 0 Å². The molecular formula is C14H12Cl2FNO. The van der Waals surface area contributed by atoms with E-state index in [0.717, 1.165) is 5.56 Å². The summed E-state index contributed by atoms with van der Waals surface area (Å²) in [7, 11) is 1.51. The molecule has 19 heavy (non-hydrogen) atoms. The molecule has 1 atom stereocenters. The quantitative estimate of drug-likeness (QED) is 0.922. The minimum Gasteiger partial charge on any atom is -0.496 e. The Balaban J connectivity index is 2.45. The molecule has 0 bridgehead atoms. The Kier molecular flexibility index (Phi) is 4.30. The number of benzene rings is 2. The van der Waals surface area contributed by atoms with E-state index in [1.165, 1.54) is 19.2 Å². The van der Waals surface area contributed by atoms with E-state index in [-0.39, 0.29) is 5.82 Å². The maximum atomic E-state index is 13.3. The minimum atomic E-state index is -0.541. The lowest BCUT2D eigenvalue weighted by Crippen LogP contribution is -2.13. The van der Waals surface area contributed by atoms with E-state index >= 15 is 0 Å². The van der Waals surface area contributed by atoms with Crippen molar-refractivity contribution in [3.05, 3.63) is 63.4 Å². The van der Waals surface area contributed by atoms with Gasteiger partial charge in [0.05, 0.1) is 23.2 Å². The monoisotopic (exact) mass is 299 g/mol. The van der Waals surface area contributed by atoms with Gasteiger partial charge in [0.15, 0.2) is 0 Å². The van der Waals surface area contributed by atoms with E-state index in [1.54, 1.807) is 24.3 Å². The van der Waals surface area contributed by atoms with Gasteiger partial charge >= 0.3 is 0 Å². The normalized spacial score (nSPS) is 12.3. The first kappa shape index (κ1) is 14.1. The summed E-state index contributed by atoms with van der Waals surface area (Å²) in [6.45, 7) is 0. The van der Waals surface area contributed by atoms with Crippen molar-refractivity contribution in [3.8, 4) is 5.75 Å². The largest absolute Gasteiger partial charge is 0.496 e. The van der Waals surface area contributed by atoms with Gasteiger partial charge in [-0.05, 0) is 35.9 Å². The van der Waals surface area contributed by atoms with Crippen molar-refractivity contribution in [2.75, 3.05) is 7.11 Å². The fraction of sp³-hybridized carbons (Fsp3) is 0.143. The van der Waals surface area contributed by atoms with Gasteiger partial charge < -0.3 is 10.5 Å². The van der Waals surface area contributed by atoms with Gasteiger partial charge in [0.2, 0.25) is 0 Å². The maximum absolute atomic E-state index is 13.3. The molecule has 2 N–H and O–H groups in total. The molecule has 0 aliphatic carbocycles. The Bertz CT molecular complexity index is 604. The lowest BCUT2D eigenvalue weighted by molar-refractivity contribution is 0.406. The van der Waals surface area contributed by atoms with Crippen LogP contribution in [0.4, 0.5) is 4.39 Å². The predicted octanol–water partition coefficient (Wildman–Crippen LogP) is 4.19. The van der Waals surface area contributed by atoms with Crippen LogP contribution in [0.1, 0.15) is 17.2 Å². The van der Waals surface area contributed by atoms with E-state index in [1.807, 2.05) is 0 Å². The number of nitrogens with two attached hydrogens (primary N) is 1. The second-order valence-electron chi connectivity index (χ2n) is 4.04. The van der Waals surface area contributed by atoms with E-state index in [9.17, 15) is 4.39 Å². The zero-order valence-electron chi connectivity index (χ0n) is 10.2. The lowest BCUT2D eigenvalue weighted by atomic mass is 9.98. The number of hydrogen-bond acceptors (Lipinski definition) is 2. The fourth-order valence-electron chi connectivity index (χ4n) is 1.83.